The van der Waals surface area contributed by atoms with Gasteiger partial charge in [-0.05, 0) is 36.6 Å². The van der Waals surface area contributed by atoms with Gasteiger partial charge in [-0.15, -0.1) is 0 Å². The number of hydrogen-bond acceptors (Lipinski definition) is 4. The maximum atomic E-state index is 12.4. The summed E-state index contributed by atoms with van der Waals surface area (Å²) < 4.78 is 4.71. The Morgan fingerprint density at radius 1 is 1.08 bits per heavy atom. The highest BCUT2D eigenvalue weighted by Gasteiger charge is 2.24. The molecule has 5 nitrogen and oxygen atoms in total. The smallest absolute Gasteiger partial charge is 0.328 e. The van der Waals surface area contributed by atoms with Crippen LogP contribution in [0.25, 0.3) is 11.1 Å². The second-order valence-electron chi connectivity index (χ2n) is 5.76. The molecule has 0 unspecified atom stereocenters. The van der Waals surface area contributed by atoms with Gasteiger partial charge in [0.15, 0.2) is 0 Å². The van der Waals surface area contributed by atoms with Crippen LogP contribution in [0.5, 0.6) is 0 Å². The van der Waals surface area contributed by atoms with Gasteiger partial charge in [0.25, 0.3) is 5.91 Å². The van der Waals surface area contributed by atoms with E-state index in [-0.39, 0.29) is 18.2 Å². The summed E-state index contributed by atoms with van der Waals surface area (Å²) in [4.78, 5) is 24.2. The molecular formula is C20H20N2O3. The molecule has 2 rings (SSSR count). The first kappa shape index (κ1) is 18.2. The number of methoxy groups -OCH3 is 1. The molecule has 1 amide bonds. The summed E-state index contributed by atoms with van der Waals surface area (Å²) in [6, 6.07) is 18.2. The molecule has 2 aromatic carbocycles. The SMILES string of the molecule is COC(=O)[C@H](C[C@@H](C)C#N)NC(=O)c1ccc(-c2ccccc2)cc1. The van der Waals surface area contributed by atoms with E-state index < -0.39 is 12.0 Å². The zero-order chi connectivity index (χ0) is 18.2. The largest absolute Gasteiger partial charge is 0.467 e. The molecule has 0 spiro atoms. The summed E-state index contributed by atoms with van der Waals surface area (Å²) in [5, 5.41) is 11.6. The number of nitrogens with one attached hydrogen (secondary N) is 1. The lowest BCUT2D eigenvalue weighted by Crippen LogP contribution is -2.42. The van der Waals surface area contributed by atoms with Gasteiger partial charge in [0.05, 0.1) is 13.2 Å². The number of benzene rings is 2. The quantitative estimate of drug-likeness (QED) is 0.822. The molecular weight excluding hydrogens is 316 g/mol. The van der Waals surface area contributed by atoms with Gasteiger partial charge in [-0.25, -0.2) is 4.79 Å². The van der Waals surface area contributed by atoms with Gasteiger partial charge < -0.3 is 10.1 Å². The number of ether oxygens (including phenoxy) is 1. The van der Waals surface area contributed by atoms with Crippen LogP contribution in [0.2, 0.25) is 0 Å². The van der Waals surface area contributed by atoms with Crippen molar-refractivity contribution in [3.05, 3.63) is 60.2 Å². The summed E-state index contributed by atoms with van der Waals surface area (Å²) in [5.74, 6) is -1.30. The fourth-order valence-electron chi connectivity index (χ4n) is 2.45. The lowest BCUT2D eigenvalue weighted by atomic mass is 10.0. The average Bonchev–Trinajstić information content (AvgIpc) is 2.67. The second-order valence-corrected chi connectivity index (χ2v) is 5.76. The third kappa shape index (κ3) is 4.92. The molecule has 0 aliphatic heterocycles. The van der Waals surface area contributed by atoms with E-state index in [0.29, 0.717) is 5.56 Å². The molecule has 0 aliphatic rings. The van der Waals surface area contributed by atoms with Crippen LogP contribution in [0.3, 0.4) is 0 Å². The minimum absolute atomic E-state index is 0.205. The Labute approximate surface area is 147 Å². The normalized spacial score (nSPS) is 12.5. The molecule has 128 valence electrons. The summed E-state index contributed by atoms with van der Waals surface area (Å²) >= 11 is 0. The first-order valence-electron chi connectivity index (χ1n) is 7.99. The van der Waals surface area contributed by atoms with Crippen LogP contribution >= 0.6 is 0 Å². The van der Waals surface area contributed by atoms with Crippen molar-refractivity contribution < 1.29 is 14.3 Å². The Morgan fingerprint density at radius 3 is 2.24 bits per heavy atom. The Kier molecular flexibility index (Phi) is 6.30. The van der Waals surface area contributed by atoms with E-state index in [2.05, 4.69) is 11.4 Å². The minimum atomic E-state index is -0.846. The molecule has 2 aromatic rings. The second kappa shape index (κ2) is 8.65. The maximum Gasteiger partial charge on any atom is 0.328 e. The molecule has 0 fully saturated rings. The molecule has 0 aliphatic carbocycles. The molecule has 25 heavy (non-hydrogen) atoms. The molecule has 5 heteroatoms. The van der Waals surface area contributed by atoms with Gasteiger partial charge in [-0.3, -0.25) is 4.79 Å². The first-order chi connectivity index (χ1) is 12.0. The van der Waals surface area contributed by atoms with Crippen molar-refractivity contribution in [2.75, 3.05) is 7.11 Å². The molecule has 0 saturated carbocycles. The van der Waals surface area contributed by atoms with Crippen molar-refractivity contribution >= 4 is 11.9 Å². The van der Waals surface area contributed by atoms with Crippen molar-refractivity contribution in [1.82, 2.24) is 5.32 Å². The van der Waals surface area contributed by atoms with Crippen molar-refractivity contribution in [2.45, 2.75) is 19.4 Å². The molecule has 0 saturated heterocycles. The zero-order valence-corrected chi connectivity index (χ0v) is 14.2. The van der Waals surface area contributed by atoms with E-state index in [1.165, 1.54) is 7.11 Å². The van der Waals surface area contributed by atoms with Crippen LogP contribution in [0, 0.1) is 17.2 Å². The fourth-order valence-corrected chi connectivity index (χ4v) is 2.45. The van der Waals surface area contributed by atoms with Gasteiger partial charge in [0, 0.05) is 11.5 Å². The molecule has 0 radical (unpaired) electrons. The number of rotatable bonds is 6. The van der Waals surface area contributed by atoms with Crippen molar-refractivity contribution in [2.24, 2.45) is 5.92 Å². The minimum Gasteiger partial charge on any atom is -0.467 e. The van der Waals surface area contributed by atoms with Crippen molar-refractivity contribution in [3.8, 4) is 17.2 Å². The van der Waals surface area contributed by atoms with E-state index in [0.717, 1.165) is 11.1 Å². The molecule has 1 N–H and O–H groups in total. The van der Waals surface area contributed by atoms with E-state index in [1.54, 1.807) is 19.1 Å². The lowest BCUT2D eigenvalue weighted by molar-refractivity contribution is -0.143. The van der Waals surface area contributed by atoms with Gasteiger partial charge >= 0.3 is 5.97 Å². The zero-order valence-electron chi connectivity index (χ0n) is 14.2. The van der Waals surface area contributed by atoms with Gasteiger partial charge in [0.1, 0.15) is 6.04 Å². The molecule has 0 heterocycles. The van der Waals surface area contributed by atoms with Crippen molar-refractivity contribution in [3.63, 3.8) is 0 Å². The van der Waals surface area contributed by atoms with Gasteiger partial charge in [-0.2, -0.15) is 5.26 Å². The van der Waals surface area contributed by atoms with Crippen LogP contribution in [-0.2, 0) is 9.53 Å². The number of carbonyl (C=O) groups excluding carboxylic acids is 2. The Hall–Kier alpha value is -3.13. The third-order valence-electron chi connectivity index (χ3n) is 3.85. The highest BCUT2D eigenvalue weighted by molar-refractivity contribution is 5.97. The molecule has 0 bridgehead atoms. The fraction of sp³-hybridized carbons (Fsp3) is 0.250. The number of nitrogens with zero attached hydrogens (tertiary/aromatic N) is 1. The Bertz CT molecular complexity index is 764. The van der Waals surface area contributed by atoms with Crippen LogP contribution in [0.4, 0.5) is 0 Å². The van der Waals surface area contributed by atoms with Crippen LogP contribution in [0.15, 0.2) is 54.6 Å². The Balaban J connectivity index is 2.11. The molecule has 2 atom stereocenters. The van der Waals surface area contributed by atoms with E-state index >= 15 is 0 Å². The van der Waals surface area contributed by atoms with E-state index in [9.17, 15) is 9.59 Å². The Morgan fingerprint density at radius 2 is 1.68 bits per heavy atom. The molecule has 0 aromatic heterocycles. The monoisotopic (exact) mass is 336 g/mol. The number of carbonyl (C=O) groups is 2. The lowest BCUT2D eigenvalue weighted by Gasteiger charge is -2.17. The van der Waals surface area contributed by atoms with Crippen LogP contribution in [-0.4, -0.2) is 25.0 Å². The van der Waals surface area contributed by atoms with Crippen LogP contribution in [0.1, 0.15) is 23.7 Å². The van der Waals surface area contributed by atoms with Gasteiger partial charge in [0.2, 0.25) is 0 Å². The van der Waals surface area contributed by atoms with E-state index in [1.807, 2.05) is 42.5 Å². The summed E-state index contributed by atoms with van der Waals surface area (Å²) in [6.07, 6.45) is 0.205. The topological polar surface area (TPSA) is 79.2 Å². The number of amides is 1. The van der Waals surface area contributed by atoms with Crippen LogP contribution < -0.4 is 5.32 Å². The van der Waals surface area contributed by atoms with Gasteiger partial charge in [-0.1, -0.05) is 42.5 Å². The first-order valence-corrected chi connectivity index (χ1v) is 7.99. The third-order valence-corrected chi connectivity index (χ3v) is 3.85. The average molecular weight is 336 g/mol. The predicted octanol–water partition coefficient (Wildman–Crippen LogP) is 3.17. The number of nitriles is 1. The number of esters is 1. The number of hydrogen-bond donors (Lipinski definition) is 1. The summed E-state index contributed by atoms with van der Waals surface area (Å²) in [5.41, 5.74) is 2.50. The van der Waals surface area contributed by atoms with Crippen molar-refractivity contribution in [1.29, 1.82) is 5.26 Å². The summed E-state index contributed by atoms with van der Waals surface area (Å²) in [7, 11) is 1.26. The highest BCUT2D eigenvalue weighted by atomic mass is 16.5. The summed E-state index contributed by atoms with van der Waals surface area (Å²) in [6.45, 7) is 1.69. The predicted molar refractivity (Wildman–Crippen MR) is 94.5 cm³/mol. The highest BCUT2D eigenvalue weighted by Crippen LogP contribution is 2.19. The maximum absolute atomic E-state index is 12.4. The van der Waals surface area contributed by atoms with E-state index in [4.69, 9.17) is 10.00 Å². The standard InChI is InChI=1S/C20H20N2O3/c1-14(13-21)12-18(20(24)25-2)22-19(23)17-10-8-16(9-11-17)15-6-4-3-5-7-15/h3-11,14,18H,12H2,1-2H3,(H,22,23)/t14-,18+/m1/s1.